The minimum Gasteiger partial charge on any atom is -0.462 e. The van der Waals surface area contributed by atoms with Crippen LogP contribution in [0.4, 0.5) is 0 Å². The van der Waals surface area contributed by atoms with Crippen LogP contribution in [0.25, 0.3) is 0 Å². The van der Waals surface area contributed by atoms with Crippen molar-refractivity contribution in [2.45, 2.75) is 194 Å². The molecule has 0 aromatic carbocycles. The molecule has 0 fully saturated rings. The molecule has 67 heavy (non-hydrogen) atoms. The Morgan fingerprint density at radius 3 is 1.06 bits per heavy atom. The summed E-state index contributed by atoms with van der Waals surface area (Å²) in [6.07, 6.45) is 78.3. The van der Waals surface area contributed by atoms with Gasteiger partial charge in [0, 0.05) is 12.8 Å². The monoisotopic (exact) mass is 921 g/mol. The summed E-state index contributed by atoms with van der Waals surface area (Å²) >= 11 is 0. The van der Waals surface area contributed by atoms with Crippen LogP contribution in [0.1, 0.15) is 188 Å². The van der Waals surface area contributed by atoms with E-state index in [2.05, 4.69) is 167 Å². The SMILES string of the molecule is CC/C=C\C/C=C\C/C=C\C/C=C\C/C=C\C/C=C\C/C=C\CCCC(=O)OCC(COC(=O)CCCCCCC/C=C\CCCC)OC(=O)C/C=C\C/C=C\C/C=C\C/C=C\C/C=C\CC. The molecule has 6 heteroatoms. The highest BCUT2D eigenvalue weighted by Crippen LogP contribution is 2.10. The summed E-state index contributed by atoms with van der Waals surface area (Å²) in [6, 6.07) is 0. The predicted octanol–water partition coefficient (Wildman–Crippen LogP) is 17.4. The Labute approximate surface area is 409 Å². The fraction of sp³-hybridized carbons (Fsp3) is 0.525. The number of unbranched alkanes of at least 4 members (excludes halogenated alkanes) is 8. The van der Waals surface area contributed by atoms with E-state index in [9.17, 15) is 14.4 Å². The van der Waals surface area contributed by atoms with Crippen molar-refractivity contribution in [3.63, 3.8) is 0 Å². The summed E-state index contributed by atoms with van der Waals surface area (Å²) in [6.45, 7) is 6.19. The molecule has 0 saturated heterocycles. The lowest BCUT2D eigenvalue weighted by atomic mass is 10.1. The van der Waals surface area contributed by atoms with Crippen LogP contribution in [0.3, 0.4) is 0 Å². The van der Waals surface area contributed by atoms with Crippen LogP contribution >= 0.6 is 0 Å². The fourth-order valence-electron chi connectivity index (χ4n) is 6.19. The molecular formula is C61H92O6. The fourth-order valence-corrected chi connectivity index (χ4v) is 6.19. The number of carbonyl (C=O) groups is 3. The van der Waals surface area contributed by atoms with Gasteiger partial charge in [-0.1, -0.05) is 211 Å². The topological polar surface area (TPSA) is 78.9 Å². The van der Waals surface area contributed by atoms with Gasteiger partial charge in [0.1, 0.15) is 13.2 Å². The number of esters is 3. The van der Waals surface area contributed by atoms with Crippen molar-refractivity contribution < 1.29 is 28.6 Å². The molecule has 0 rings (SSSR count). The number of carbonyl (C=O) groups excluding carboxylic acids is 3. The largest absolute Gasteiger partial charge is 0.462 e. The summed E-state index contributed by atoms with van der Waals surface area (Å²) in [5, 5.41) is 0. The maximum absolute atomic E-state index is 12.7. The van der Waals surface area contributed by atoms with E-state index in [0.29, 0.717) is 19.3 Å². The van der Waals surface area contributed by atoms with Crippen LogP contribution in [0.5, 0.6) is 0 Å². The van der Waals surface area contributed by atoms with E-state index in [1.807, 2.05) is 6.08 Å². The highest BCUT2D eigenvalue weighted by Gasteiger charge is 2.19. The smallest absolute Gasteiger partial charge is 0.310 e. The number of rotatable bonds is 44. The van der Waals surface area contributed by atoms with E-state index >= 15 is 0 Å². The summed E-state index contributed by atoms with van der Waals surface area (Å²) in [5.74, 6) is -1.16. The molecule has 0 spiro atoms. The van der Waals surface area contributed by atoms with E-state index in [4.69, 9.17) is 14.2 Å². The quantitative estimate of drug-likeness (QED) is 0.0262. The van der Waals surface area contributed by atoms with E-state index in [-0.39, 0.29) is 38.0 Å². The maximum atomic E-state index is 12.7. The standard InChI is InChI=1S/C61H92O6/c1-4-7-10-13-16-19-22-24-26-27-28-29-30-31-32-33-35-36-39-42-45-48-51-54-60(63)66-57-58(56-65-59(62)53-50-47-44-41-38-21-18-15-12-9-6-3)67-61(64)55-52-49-46-43-40-37-34-25-23-20-17-14-11-8-5-2/h7-8,10-11,15-20,24-26,28-29,31-32,34-36,40,42-43,45,49,52,58H,4-6,9,12-14,21-23,27,30,33,37-39,41,44,46-48,50-51,53-57H2,1-3H3/b10-7-,11-8-,18-15-,19-16-,20-17-,26-24-,29-28-,32-31-,34-25-,36-35-,43-40-,45-42-,52-49-. The molecule has 0 radical (unpaired) electrons. The molecule has 372 valence electrons. The second-order valence-electron chi connectivity index (χ2n) is 16.3. The zero-order chi connectivity index (χ0) is 48.6. The van der Waals surface area contributed by atoms with Crippen LogP contribution in [0, 0.1) is 0 Å². The first kappa shape index (κ1) is 62.0. The van der Waals surface area contributed by atoms with Crippen LogP contribution in [0.2, 0.25) is 0 Å². The maximum Gasteiger partial charge on any atom is 0.310 e. The second kappa shape index (κ2) is 53.6. The van der Waals surface area contributed by atoms with Crippen molar-refractivity contribution in [2.24, 2.45) is 0 Å². The predicted molar refractivity (Wildman–Crippen MR) is 288 cm³/mol. The lowest BCUT2D eigenvalue weighted by Gasteiger charge is -2.18. The molecular weight excluding hydrogens is 829 g/mol. The van der Waals surface area contributed by atoms with Crippen LogP contribution in [-0.4, -0.2) is 37.2 Å². The van der Waals surface area contributed by atoms with Crippen molar-refractivity contribution in [1.29, 1.82) is 0 Å². The van der Waals surface area contributed by atoms with E-state index < -0.39 is 12.1 Å². The molecule has 0 aliphatic carbocycles. The molecule has 1 atom stereocenters. The molecule has 0 aromatic heterocycles. The first-order valence-electron chi connectivity index (χ1n) is 26.0. The average Bonchev–Trinajstić information content (AvgIpc) is 3.33. The molecule has 0 aliphatic heterocycles. The molecule has 0 heterocycles. The number of hydrogen-bond donors (Lipinski definition) is 0. The molecule has 0 bridgehead atoms. The van der Waals surface area contributed by atoms with Gasteiger partial charge in [0.05, 0.1) is 6.42 Å². The summed E-state index contributed by atoms with van der Waals surface area (Å²) < 4.78 is 16.6. The van der Waals surface area contributed by atoms with Crippen molar-refractivity contribution in [3.05, 3.63) is 158 Å². The lowest BCUT2D eigenvalue weighted by molar-refractivity contribution is -0.166. The van der Waals surface area contributed by atoms with Crippen molar-refractivity contribution >= 4 is 17.9 Å². The Morgan fingerprint density at radius 1 is 0.328 bits per heavy atom. The number of hydrogen-bond acceptors (Lipinski definition) is 6. The van der Waals surface area contributed by atoms with Crippen molar-refractivity contribution in [1.82, 2.24) is 0 Å². The Bertz CT molecular complexity index is 1570. The molecule has 0 N–H and O–H groups in total. The highest BCUT2D eigenvalue weighted by atomic mass is 16.6. The zero-order valence-electron chi connectivity index (χ0n) is 42.3. The van der Waals surface area contributed by atoms with Gasteiger partial charge in [0.15, 0.2) is 6.10 Å². The van der Waals surface area contributed by atoms with Gasteiger partial charge in [0.2, 0.25) is 0 Å². The van der Waals surface area contributed by atoms with Gasteiger partial charge in [-0.25, -0.2) is 0 Å². The molecule has 0 aromatic rings. The van der Waals surface area contributed by atoms with E-state index in [1.54, 1.807) is 6.08 Å². The first-order chi connectivity index (χ1) is 33.0. The second-order valence-corrected chi connectivity index (χ2v) is 16.3. The minimum atomic E-state index is -0.866. The number of ether oxygens (including phenoxy) is 3. The van der Waals surface area contributed by atoms with Crippen LogP contribution in [-0.2, 0) is 28.6 Å². The van der Waals surface area contributed by atoms with E-state index in [1.165, 1.54) is 19.3 Å². The van der Waals surface area contributed by atoms with Crippen molar-refractivity contribution in [2.75, 3.05) is 13.2 Å². The Hall–Kier alpha value is -4.97. The Balaban J connectivity index is 4.59. The lowest BCUT2D eigenvalue weighted by Crippen LogP contribution is -2.30. The average molecular weight is 921 g/mol. The van der Waals surface area contributed by atoms with Crippen molar-refractivity contribution in [3.8, 4) is 0 Å². The molecule has 0 aliphatic rings. The van der Waals surface area contributed by atoms with Gasteiger partial charge in [-0.2, -0.15) is 0 Å². The van der Waals surface area contributed by atoms with E-state index in [0.717, 1.165) is 116 Å². The zero-order valence-corrected chi connectivity index (χ0v) is 42.3. The third-order valence-corrected chi connectivity index (χ3v) is 10.0. The minimum absolute atomic E-state index is 0.0748. The molecule has 1 unspecified atom stereocenters. The van der Waals surface area contributed by atoms with Gasteiger partial charge in [-0.05, 0) is 116 Å². The normalized spacial score (nSPS) is 13.4. The molecule has 0 amide bonds. The Kier molecular flexibility index (Phi) is 49.7. The van der Waals surface area contributed by atoms with Gasteiger partial charge in [-0.3, -0.25) is 14.4 Å². The third kappa shape index (κ3) is 51.9. The number of allylic oxidation sites excluding steroid dienone is 25. The summed E-state index contributed by atoms with van der Waals surface area (Å²) in [7, 11) is 0. The van der Waals surface area contributed by atoms with Crippen LogP contribution < -0.4 is 0 Å². The van der Waals surface area contributed by atoms with Crippen LogP contribution in [0.15, 0.2) is 158 Å². The third-order valence-electron chi connectivity index (χ3n) is 10.0. The Morgan fingerprint density at radius 2 is 0.642 bits per heavy atom. The summed E-state index contributed by atoms with van der Waals surface area (Å²) in [5.41, 5.74) is 0. The van der Waals surface area contributed by atoms with Gasteiger partial charge < -0.3 is 14.2 Å². The first-order valence-corrected chi connectivity index (χ1v) is 26.0. The van der Waals surface area contributed by atoms with Gasteiger partial charge in [0.25, 0.3) is 0 Å². The molecule has 0 saturated carbocycles. The summed E-state index contributed by atoms with van der Waals surface area (Å²) in [4.78, 5) is 37.9. The van der Waals surface area contributed by atoms with Gasteiger partial charge >= 0.3 is 17.9 Å². The van der Waals surface area contributed by atoms with Gasteiger partial charge in [-0.15, -0.1) is 0 Å². The highest BCUT2D eigenvalue weighted by molar-refractivity contribution is 5.72. The molecule has 6 nitrogen and oxygen atoms in total.